The third-order valence-electron chi connectivity index (χ3n) is 5.20. The number of nitrogens with one attached hydrogen (secondary N) is 2. The number of amides is 2. The first-order valence-corrected chi connectivity index (χ1v) is 10.4. The Kier molecular flexibility index (Phi) is 7.28. The van der Waals surface area contributed by atoms with Crippen molar-refractivity contribution in [3.63, 3.8) is 0 Å². The number of aryl methyl sites for hydroxylation is 1. The van der Waals surface area contributed by atoms with Gasteiger partial charge in [-0.3, -0.25) is 9.59 Å². The Hall–Kier alpha value is -2.82. The van der Waals surface area contributed by atoms with Gasteiger partial charge in [-0.05, 0) is 61.9 Å². The van der Waals surface area contributed by atoms with Gasteiger partial charge in [-0.1, -0.05) is 37.3 Å². The summed E-state index contributed by atoms with van der Waals surface area (Å²) in [7, 11) is 0. The van der Waals surface area contributed by atoms with Crippen molar-refractivity contribution < 1.29 is 14.3 Å². The van der Waals surface area contributed by atoms with Gasteiger partial charge in [0.2, 0.25) is 11.8 Å². The first-order chi connectivity index (χ1) is 14.0. The van der Waals surface area contributed by atoms with Crippen LogP contribution in [0.15, 0.2) is 48.5 Å². The molecule has 154 valence electrons. The smallest absolute Gasteiger partial charge is 0.227 e. The SMILES string of the molecule is CCCC(=O)Nc1ccc2c(c1)CC(C(=O)NC(C)CCc1ccccc1)CO2. The minimum Gasteiger partial charge on any atom is -0.492 e. The van der Waals surface area contributed by atoms with E-state index >= 15 is 0 Å². The minimum absolute atomic E-state index is 0.00529. The fourth-order valence-corrected chi connectivity index (χ4v) is 3.55. The molecule has 1 aliphatic heterocycles. The molecule has 0 radical (unpaired) electrons. The summed E-state index contributed by atoms with van der Waals surface area (Å²) in [6.45, 7) is 4.40. The van der Waals surface area contributed by atoms with Crippen LogP contribution in [0, 0.1) is 5.92 Å². The highest BCUT2D eigenvalue weighted by molar-refractivity contribution is 5.91. The van der Waals surface area contributed by atoms with Crippen molar-refractivity contribution in [2.75, 3.05) is 11.9 Å². The van der Waals surface area contributed by atoms with Crippen LogP contribution in [0.4, 0.5) is 5.69 Å². The molecule has 0 aromatic heterocycles. The van der Waals surface area contributed by atoms with Gasteiger partial charge >= 0.3 is 0 Å². The van der Waals surface area contributed by atoms with Crippen molar-refractivity contribution in [1.82, 2.24) is 5.32 Å². The molecule has 1 aliphatic rings. The molecule has 5 nitrogen and oxygen atoms in total. The molecule has 0 saturated heterocycles. The standard InChI is InChI=1S/C24H30N2O3/c1-3-7-23(27)26-21-12-13-22-19(15-21)14-20(16-29-22)24(28)25-17(2)10-11-18-8-5-4-6-9-18/h4-6,8-9,12-13,15,17,20H,3,7,10-11,14,16H2,1-2H3,(H,25,28)(H,26,27). The summed E-state index contributed by atoms with van der Waals surface area (Å²) in [6, 6.07) is 16.0. The molecule has 0 spiro atoms. The van der Waals surface area contributed by atoms with Crippen LogP contribution in [-0.2, 0) is 22.4 Å². The van der Waals surface area contributed by atoms with E-state index in [1.54, 1.807) is 0 Å². The molecule has 29 heavy (non-hydrogen) atoms. The molecule has 2 aromatic carbocycles. The van der Waals surface area contributed by atoms with Crippen LogP contribution in [0.5, 0.6) is 5.75 Å². The van der Waals surface area contributed by atoms with E-state index in [0.29, 0.717) is 19.4 Å². The average Bonchev–Trinajstić information content (AvgIpc) is 2.72. The fraction of sp³-hybridized carbons (Fsp3) is 0.417. The number of ether oxygens (including phenoxy) is 1. The average molecular weight is 395 g/mol. The number of carbonyl (C=O) groups excluding carboxylic acids is 2. The number of hydrogen-bond donors (Lipinski definition) is 2. The van der Waals surface area contributed by atoms with Gasteiger partial charge in [-0.2, -0.15) is 0 Å². The van der Waals surface area contributed by atoms with Gasteiger partial charge in [0, 0.05) is 18.2 Å². The molecule has 2 aromatic rings. The van der Waals surface area contributed by atoms with Gasteiger partial charge < -0.3 is 15.4 Å². The maximum Gasteiger partial charge on any atom is 0.227 e. The van der Waals surface area contributed by atoms with E-state index in [9.17, 15) is 9.59 Å². The van der Waals surface area contributed by atoms with Crippen molar-refractivity contribution in [2.24, 2.45) is 5.92 Å². The molecule has 0 aliphatic carbocycles. The Morgan fingerprint density at radius 3 is 2.72 bits per heavy atom. The second-order valence-corrected chi connectivity index (χ2v) is 7.77. The third kappa shape index (κ3) is 6.08. The van der Waals surface area contributed by atoms with Crippen LogP contribution in [0.2, 0.25) is 0 Å². The van der Waals surface area contributed by atoms with Gasteiger partial charge in [-0.25, -0.2) is 0 Å². The number of benzene rings is 2. The lowest BCUT2D eigenvalue weighted by molar-refractivity contribution is -0.127. The maximum absolute atomic E-state index is 12.7. The quantitative estimate of drug-likeness (QED) is 0.708. The first-order valence-electron chi connectivity index (χ1n) is 10.4. The molecule has 2 unspecified atom stereocenters. The molecule has 1 heterocycles. The zero-order valence-corrected chi connectivity index (χ0v) is 17.2. The van der Waals surface area contributed by atoms with Crippen LogP contribution in [0.25, 0.3) is 0 Å². The number of anilines is 1. The van der Waals surface area contributed by atoms with Crippen LogP contribution < -0.4 is 15.4 Å². The van der Waals surface area contributed by atoms with E-state index in [4.69, 9.17) is 4.74 Å². The zero-order chi connectivity index (χ0) is 20.6. The van der Waals surface area contributed by atoms with Crippen LogP contribution in [0.3, 0.4) is 0 Å². The number of carbonyl (C=O) groups is 2. The Morgan fingerprint density at radius 2 is 1.97 bits per heavy atom. The van der Waals surface area contributed by atoms with Gasteiger partial charge in [0.15, 0.2) is 0 Å². The van der Waals surface area contributed by atoms with E-state index in [0.717, 1.165) is 36.3 Å². The van der Waals surface area contributed by atoms with E-state index in [-0.39, 0.29) is 23.8 Å². The third-order valence-corrected chi connectivity index (χ3v) is 5.20. The second kappa shape index (κ2) is 10.1. The lowest BCUT2D eigenvalue weighted by Gasteiger charge is -2.26. The Bertz CT molecular complexity index is 835. The van der Waals surface area contributed by atoms with Crippen molar-refractivity contribution in [3.8, 4) is 5.75 Å². The number of hydrogen-bond acceptors (Lipinski definition) is 3. The van der Waals surface area contributed by atoms with Gasteiger partial charge in [-0.15, -0.1) is 0 Å². The first kappa shape index (κ1) is 20.9. The molecule has 0 bridgehead atoms. The number of rotatable bonds is 8. The lowest BCUT2D eigenvalue weighted by Crippen LogP contribution is -2.41. The summed E-state index contributed by atoms with van der Waals surface area (Å²) in [5.41, 5.74) is 2.99. The largest absolute Gasteiger partial charge is 0.492 e. The predicted octanol–water partition coefficient (Wildman–Crippen LogP) is 4.11. The topological polar surface area (TPSA) is 67.4 Å². The van der Waals surface area contributed by atoms with Crippen molar-refractivity contribution in [1.29, 1.82) is 0 Å². The Morgan fingerprint density at radius 1 is 1.17 bits per heavy atom. The van der Waals surface area contributed by atoms with Crippen LogP contribution in [-0.4, -0.2) is 24.5 Å². The summed E-state index contributed by atoms with van der Waals surface area (Å²) in [4.78, 5) is 24.5. The van der Waals surface area contributed by atoms with E-state index in [1.165, 1.54) is 5.56 Å². The van der Waals surface area contributed by atoms with Crippen molar-refractivity contribution in [2.45, 2.75) is 52.0 Å². The minimum atomic E-state index is -0.219. The van der Waals surface area contributed by atoms with E-state index in [1.807, 2.05) is 50.2 Å². The van der Waals surface area contributed by atoms with E-state index in [2.05, 4.69) is 22.8 Å². The molecular weight excluding hydrogens is 364 g/mol. The molecule has 0 fully saturated rings. The highest BCUT2D eigenvalue weighted by Gasteiger charge is 2.27. The molecule has 2 amide bonds. The van der Waals surface area contributed by atoms with Gasteiger partial charge in [0.1, 0.15) is 12.4 Å². The second-order valence-electron chi connectivity index (χ2n) is 7.77. The fourth-order valence-electron chi connectivity index (χ4n) is 3.55. The zero-order valence-electron chi connectivity index (χ0n) is 17.2. The Labute approximate surface area is 172 Å². The summed E-state index contributed by atoms with van der Waals surface area (Å²) in [5.74, 6) is 0.602. The van der Waals surface area contributed by atoms with Crippen molar-refractivity contribution in [3.05, 3.63) is 59.7 Å². The highest BCUT2D eigenvalue weighted by Crippen LogP contribution is 2.30. The molecule has 0 saturated carbocycles. The Balaban J connectivity index is 1.53. The summed E-state index contributed by atoms with van der Waals surface area (Å²) in [6.07, 6.45) is 3.76. The van der Waals surface area contributed by atoms with E-state index < -0.39 is 0 Å². The van der Waals surface area contributed by atoms with Crippen LogP contribution >= 0.6 is 0 Å². The molecule has 2 atom stereocenters. The summed E-state index contributed by atoms with van der Waals surface area (Å²) < 4.78 is 5.80. The van der Waals surface area contributed by atoms with Crippen LogP contribution in [0.1, 0.15) is 44.2 Å². The maximum atomic E-state index is 12.7. The van der Waals surface area contributed by atoms with Crippen molar-refractivity contribution >= 4 is 17.5 Å². The predicted molar refractivity (Wildman–Crippen MR) is 115 cm³/mol. The molecule has 2 N–H and O–H groups in total. The highest BCUT2D eigenvalue weighted by atomic mass is 16.5. The monoisotopic (exact) mass is 394 g/mol. The lowest BCUT2D eigenvalue weighted by atomic mass is 9.95. The molecule has 3 rings (SSSR count). The molecule has 5 heteroatoms. The summed E-state index contributed by atoms with van der Waals surface area (Å²) >= 11 is 0. The van der Waals surface area contributed by atoms with Gasteiger partial charge in [0.25, 0.3) is 0 Å². The number of fused-ring (bicyclic) bond motifs is 1. The van der Waals surface area contributed by atoms with Gasteiger partial charge in [0.05, 0.1) is 5.92 Å². The molecular formula is C24H30N2O3. The normalized spacial score (nSPS) is 16.3. The summed E-state index contributed by atoms with van der Waals surface area (Å²) in [5, 5.41) is 6.03.